The van der Waals surface area contributed by atoms with Gasteiger partial charge in [-0.1, -0.05) is 13.8 Å². The maximum atomic E-state index is 12.3. The Kier molecular flexibility index (Phi) is 8.37. The summed E-state index contributed by atoms with van der Waals surface area (Å²) in [6, 6.07) is 0.0285. The molecule has 4 nitrogen and oxygen atoms in total. The van der Waals surface area contributed by atoms with E-state index in [0.717, 1.165) is 12.8 Å². The van der Waals surface area contributed by atoms with Crippen LogP contribution in [-0.4, -0.2) is 50.2 Å². The fourth-order valence-electron chi connectivity index (χ4n) is 1.71. The van der Waals surface area contributed by atoms with E-state index in [0.29, 0.717) is 13.2 Å². The van der Waals surface area contributed by atoms with Crippen molar-refractivity contribution in [3.8, 4) is 0 Å². The second-order valence-electron chi connectivity index (χ2n) is 4.08. The summed E-state index contributed by atoms with van der Waals surface area (Å²) in [5, 5.41) is -0.554. The van der Waals surface area contributed by atoms with Gasteiger partial charge in [-0.25, -0.2) is 8.42 Å². The fourth-order valence-corrected chi connectivity index (χ4v) is 3.85. The highest BCUT2D eigenvalue weighted by atomic mass is 35.5. The van der Waals surface area contributed by atoms with Crippen LogP contribution in [0.1, 0.15) is 33.6 Å². The minimum atomic E-state index is -3.33. The Bertz CT molecular complexity index is 291. The summed E-state index contributed by atoms with van der Waals surface area (Å²) < 4.78 is 31.2. The zero-order valence-electron chi connectivity index (χ0n) is 11.1. The number of sulfonamides is 1. The summed E-state index contributed by atoms with van der Waals surface area (Å²) in [6.07, 6.45) is 1.60. The van der Waals surface area contributed by atoms with E-state index in [2.05, 4.69) is 0 Å². The van der Waals surface area contributed by atoms with Crippen molar-refractivity contribution in [3.63, 3.8) is 0 Å². The van der Waals surface area contributed by atoms with E-state index in [4.69, 9.17) is 16.3 Å². The van der Waals surface area contributed by atoms with Gasteiger partial charge in [0.25, 0.3) is 0 Å². The van der Waals surface area contributed by atoms with Crippen molar-refractivity contribution in [2.45, 2.75) is 44.9 Å². The Labute approximate surface area is 110 Å². The molecule has 0 aliphatic heterocycles. The molecule has 0 radical (unpaired) electrons. The molecule has 0 aliphatic rings. The lowest BCUT2D eigenvalue weighted by molar-refractivity contribution is 0.163. The summed E-state index contributed by atoms with van der Waals surface area (Å²) in [5.41, 5.74) is 0. The van der Waals surface area contributed by atoms with Crippen molar-refractivity contribution in [2.24, 2.45) is 0 Å². The molecule has 6 heteroatoms. The molecule has 0 heterocycles. The predicted octanol–water partition coefficient (Wildman–Crippen LogP) is 2.08. The Morgan fingerprint density at radius 2 is 1.82 bits per heavy atom. The van der Waals surface area contributed by atoms with Crippen LogP contribution in [0.2, 0.25) is 0 Å². The van der Waals surface area contributed by atoms with Crippen LogP contribution in [0.3, 0.4) is 0 Å². The van der Waals surface area contributed by atoms with E-state index in [1.54, 1.807) is 18.3 Å². The van der Waals surface area contributed by atoms with Crippen LogP contribution in [0, 0.1) is 0 Å². The van der Waals surface area contributed by atoms with Crippen LogP contribution in [0.25, 0.3) is 0 Å². The van der Waals surface area contributed by atoms with E-state index >= 15 is 0 Å². The molecule has 0 N–H and O–H groups in total. The summed E-state index contributed by atoms with van der Waals surface area (Å²) in [7, 11) is -1.75. The third kappa shape index (κ3) is 4.73. The standard InChI is InChI=1S/C11H24ClNO3S/c1-5-11(6-2)13(7-8-16-4)17(14,15)10(3)9-12/h10-11H,5-9H2,1-4H3. The first-order valence-electron chi connectivity index (χ1n) is 6.01. The van der Waals surface area contributed by atoms with Crippen LogP contribution >= 0.6 is 11.6 Å². The Morgan fingerprint density at radius 1 is 1.29 bits per heavy atom. The lowest BCUT2D eigenvalue weighted by Crippen LogP contribution is -2.46. The van der Waals surface area contributed by atoms with Crippen molar-refractivity contribution in [2.75, 3.05) is 26.1 Å². The molecule has 0 saturated heterocycles. The number of hydrogen-bond acceptors (Lipinski definition) is 3. The van der Waals surface area contributed by atoms with E-state index < -0.39 is 15.3 Å². The quantitative estimate of drug-likeness (QED) is 0.610. The number of nitrogens with zero attached hydrogens (tertiary/aromatic N) is 1. The molecule has 0 amide bonds. The van der Waals surface area contributed by atoms with Crippen LogP contribution in [0.5, 0.6) is 0 Å². The monoisotopic (exact) mass is 285 g/mol. The maximum Gasteiger partial charge on any atom is 0.218 e. The topological polar surface area (TPSA) is 46.6 Å². The Morgan fingerprint density at radius 3 is 2.18 bits per heavy atom. The average molecular weight is 286 g/mol. The Balaban J connectivity index is 5.02. The van der Waals surface area contributed by atoms with Crippen LogP contribution in [0.15, 0.2) is 0 Å². The van der Waals surface area contributed by atoms with Gasteiger partial charge in [-0.2, -0.15) is 4.31 Å². The molecule has 17 heavy (non-hydrogen) atoms. The first-order chi connectivity index (χ1) is 7.95. The van der Waals surface area contributed by atoms with Gasteiger partial charge in [0.1, 0.15) is 0 Å². The van der Waals surface area contributed by atoms with E-state index in [1.165, 1.54) is 0 Å². The molecule has 1 atom stereocenters. The van der Waals surface area contributed by atoms with Crippen molar-refractivity contribution in [1.82, 2.24) is 4.31 Å². The molecule has 104 valence electrons. The molecule has 0 aliphatic carbocycles. The van der Waals surface area contributed by atoms with Gasteiger partial charge in [0.15, 0.2) is 0 Å². The highest BCUT2D eigenvalue weighted by molar-refractivity contribution is 7.89. The molecule has 0 aromatic rings. The van der Waals surface area contributed by atoms with Crippen molar-refractivity contribution in [1.29, 1.82) is 0 Å². The molecule has 1 unspecified atom stereocenters. The molecule has 0 aromatic carbocycles. The van der Waals surface area contributed by atoms with Crippen LogP contribution in [0.4, 0.5) is 0 Å². The molecular formula is C11H24ClNO3S. The number of halogens is 1. The van der Waals surface area contributed by atoms with Gasteiger partial charge in [-0.05, 0) is 19.8 Å². The van der Waals surface area contributed by atoms with E-state index in [1.807, 2.05) is 13.8 Å². The van der Waals surface area contributed by atoms with Gasteiger partial charge < -0.3 is 4.74 Å². The van der Waals surface area contributed by atoms with Crippen LogP contribution < -0.4 is 0 Å². The second-order valence-corrected chi connectivity index (χ2v) is 6.70. The lowest BCUT2D eigenvalue weighted by Gasteiger charge is -2.31. The van der Waals surface area contributed by atoms with E-state index in [-0.39, 0.29) is 11.9 Å². The SMILES string of the molecule is CCC(CC)N(CCOC)S(=O)(=O)C(C)CCl. The van der Waals surface area contributed by atoms with Gasteiger partial charge in [0, 0.05) is 25.6 Å². The van der Waals surface area contributed by atoms with Crippen molar-refractivity contribution < 1.29 is 13.2 Å². The molecule has 0 spiro atoms. The average Bonchev–Trinajstić information content (AvgIpc) is 2.33. The van der Waals surface area contributed by atoms with Gasteiger partial charge in [-0.15, -0.1) is 11.6 Å². The lowest BCUT2D eigenvalue weighted by atomic mass is 10.2. The number of hydrogen-bond donors (Lipinski definition) is 0. The molecule has 0 aromatic heterocycles. The summed E-state index contributed by atoms with van der Waals surface area (Å²) in [4.78, 5) is 0. The van der Waals surface area contributed by atoms with Gasteiger partial charge in [-0.3, -0.25) is 0 Å². The molecular weight excluding hydrogens is 262 g/mol. The third-order valence-electron chi connectivity index (χ3n) is 2.92. The van der Waals surface area contributed by atoms with Gasteiger partial charge >= 0.3 is 0 Å². The predicted molar refractivity (Wildman–Crippen MR) is 72.1 cm³/mol. The van der Waals surface area contributed by atoms with Crippen molar-refractivity contribution in [3.05, 3.63) is 0 Å². The molecule has 0 saturated carbocycles. The zero-order chi connectivity index (χ0) is 13.5. The second kappa shape index (κ2) is 8.29. The number of methoxy groups -OCH3 is 1. The minimum Gasteiger partial charge on any atom is -0.383 e. The summed E-state index contributed by atoms with van der Waals surface area (Å²) in [6.45, 7) is 6.44. The number of ether oxygens (including phenoxy) is 1. The molecule has 0 rings (SSSR count). The van der Waals surface area contributed by atoms with Crippen molar-refractivity contribution >= 4 is 21.6 Å². The highest BCUT2D eigenvalue weighted by Crippen LogP contribution is 2.18. The maximum absolute atomic E-state index is 12.3. The van der Waals surface area contributed by atoms with E-state index in [9.17, 15) is 8.42 Å². The highest BCUT2D eigenvalue weighted by Gasteiger charge is 2.32. The Hall–Kier alpha value is 0.160. The number of alkyl halides is 1. The first-order valence-corrected chi connectivity index (χ1v) is 8.04. The fraction of sp³-hybridized carbons (Fsp3) is 1.00. The van der Waals surface area contributed by atoms with Crippen LogP contribution in [-0.2, 0) is 14.8 Å². The molecule has 0 fully saturated rings. The smallest absolute Gasteiger partial charge is 0.218 e. The number of rotatable bonds is 9. The largest absolute Gasteiger partial charge is 0.383 e. The first kappa shape index (κ1) is 17.2. The third-order valence-corrected chi connectivity index (χ3v) is 5.88. The summed E-state index contributed by atoms with van der Waals surface area (Å²) >= 11 is 5.67. The summed E-state index contributed by atoms with van der Waals surface area (Å²) in [5.74, 6) is 0.117. The minimum absolute atomic E-state index is 0.0285. The zero-order valence-corrected chi connectivity index (χ0v) is 12.7. The molecule has 0 bridgehead atoms. The van der Waals surface area contributed by atoms with Gasteiger partial charge in [0.05, 0.1) is 11.9 Å². The normalized spacial score (nSPS) is 14.5. The van der Waals surface area contributed by atoms with Gasteiger partial charge in [0.2, 0.25) is 10.0 Å².